The lowest BCUT2D eigenvalue weighted by Gasteiger charge is -2.34. The monoisotopic (exact) mass is 417 g/mol. The Balaban J connectivity index is 1.60. The molecule has 0 N–H and O–H groups in total. The van der Waals surface area contributed by atoms with Crippen molar-refractivity contribution in [1.82, 2.24) is 15.2 Å². The summed E-state index contributed by atoms with van der Waals surface area (Å²) in [6, 6.07) is 3.41. The number of ether oxygens (including phenoxy) is 1. The smallest absolute Gasteiger partial charge is 0.255 e. The molecule has 0 bridgehead atoms. The number of nitrogens with zero attached hydrogens (tertiary/aromatic N) is 3. The molecule has 128 valence electrons. The number of hydrogen-bond acceptors (Lipinski definition) is 6. The largest absolute Gasteiger partial charge is 0.490 e. The first kappa shape index (κ1) is 17.3. The van der Waals surface area contributed by atoms with Gasteiger partial charge in [0.1, 0.15) is 11.9 Å². The van der Waals surface area contributed by atoms with Gasteiger partial charge in [0.2, 0.25) is 0 Å². The van der Waals surface area contributed by atoms with Crippen LogP contribution in [0, 0.1) is 6.92 Å². The van der Waals surface area contributed by atoms with Crippen molar-refractivity contribution in [2.75, 3.05) is 0 Å². The topological polar surface area (TPSA) is 65.0 Å². The molecule has 0 amide bonds. The van der Waals surface area contributed by atoms with Gasteiger partial charge in [-0.2, -0.15) is 0 Å². The van der Waals surface area contributed by atoms with Gasteiger partial charge in [-0.05, 0) is 29.3 Å². The van der Waals surface area contributed by atoms with Crippen LogP contribution in [-0.4, -0.2) is 33.0 Å². The van der Waals surface area contributed by atoms with Crippen molar-refractivity contribution in [3.63, 3.8) is 0 Å². The minimum atomic E-state index is -2.61. The fourth-order valence-corrected chi connectivity index (χ4v) is 3.53. The van der Waals surface area contributed by atoms with E-state index < -0.39 is 12.0 Å². The first-order chi connectivity index (χ1) is 11.3. The number of halogens is 3. The van der Waals surface area contributed by atoms with Crippen molar-refractivity contribution in [3.8, 4) is 5.75 Å². The quantitative estimate of drug-likeness (QED) is 0.664. The van der Waals surface area contributed by atoms with E-state index in [1.807, 2.05) is 0 Å². The minimum Gasteiger partial charge on any atom is -0.490 e. The van der Waals surface area contributed by atoms with E-state index in [9.17, 15) is 13.6 Å². The Kier molecular flexibility index (Phi) is 4.91. The lowest BCUT2D eigenvalue weighted by molar-refractivity contribution is -0.134. The summed E-state index contributed by atoms with van der Waals surface area (Å²) < 4.78 is 31.9. The van der Waals surface area contributed by atoms with Gasteiger partial charge in [0.05, 0.1) is 0 Å². The van der Waals surface area contributed by atoms with Crippen molar-refractivity contribution in [1.29, 1.82) is 0 Å². The molecule has 2 heterocycles. The molecular formula is C15H14BrF2N3O2S. The molecule has 5 nitrogen and oxygen atoms in total. The van der Waals surface area contributed by atoms with Crippen molar-refractivity contribution < 1.29 is 18.3 Å². The van der Waals surface area contributed by atoms with Gasteiger partial charge in [-0.25, -0.2) is 8.78 Å². The van der Waals surface area contributed by atoms with E-state index in [-0.39, 0.29) is 25.0 Å². The standard InChI is InChI=1S/C15H14BrF2N3O2S/c1-8-4-10(23-11-6-15(17,18)7-11)5-9(19-8)2-3-12(22)13-20-21-14(16)24-13/h4-5,11H,2-3,6-7H2,1H3. The van der Waals surface area contributed by atoms with Crippen molar-refractivity contribution >= 4 is 33.0 Å². The van der Waals surface area contributed by atoms with Crippen molar-refractivity contribution in [3.05, 3.63) is 32.4 Å². The number of alkyl halides is 2. The molecule has 24 heavy (non-hydrogen) atoms. The summed E-state index contributed by atoms with van der Waals surface area (Å²) in [5.41, 5.74) is 1.41. The molecule has 0 unspecified atom stereocenters. The summed E-state index contributed by atoms with van der Waals surface area (Å²) in [7, 11) is 0. The Hall–Kier alpha value is -1.48. The van der Waals surface area contributed by atoms with E-state index in [1.165, 1.54) is 11.3 Å². The number of hydrogen-bond donors (Lipinski definition) is 0. The maximum absolute atomic E-state index is 12.9. The number of carbonyl (C=O) groups excluding carboxylic acids is 1. The zero-order valence-electron chi connectivity index (χ0n) is 12.8. The van der Waals surface area contributed by atoms with Gasteiger partial charge in [0.15, 0.2) is 14.7 Å². The fourth-order valence-electron chi connectivity index (χ4n) is 2.45. The lowest BCUT2D eigenvalue weighted by Crippen LogP contribution is -2.43. The minimum absolute atomic E-state index is 0.109. The summed E-state index contributed by atoms with van der Waals surface area (Å²) >= 11 is 4.35. The van der Waals surface area contributed by atoms with Crippen molar-refractivity contribution in [2.45, 2.75) is 44.6 Å². The summed E-state index contributed by atoms with van der Waals surface area (Å²) in [4.78, 5) is 16.4. The highest BCUT2D eigenvalue weighted by atomic mass is 79.9. The maximum Gasteiger partial charge on any atom is 0.255 e. The number of ketones is 1. The number of rotatable bonds is 6. The summed E-state index contributed by atoms with van der Waals surface area (Å²) in [5.74, 6) is -2.20. The molecule has 0 radical (unpaired) electrons. The van der Waals surface area contributed by atoms with Crippen molar-refractivity contribution in [2.24, 2.45) is 0 Å². The molecule has 9 heteroatoms. The van der Waals surface area contributed by atoms with Crippen LogP contribution in [0.3, 0.4) is 0 Å². The van der Waals surface area contributed by atoms with Crippen LogP contribution in [-0.2, 0) is 6.42 Å². The van der Waals surface area contributed by atoms with Crippen LogP contribution in [0.25, 0.3) is 0 Å². The van der Waals surface area contributed by atoms with Gasteiger partial charge in [-0.1, -0.05) is 11.3 Å². The van der Waals surface area contributed by atoms with Gasteiger partial charge >= 0.3 is 0 Å². The second-order valence-electron chi connectivity index (χ2n) is 5.72. The van der Waals surface area contributed by atoms with Crippen LogP contribution < -0.4 is 4.74 Å². The van der Waals surface area contributed by atoms with Gasteiger partial charge in [-0.3, -0.25) is 9.78 Å². The average Bonchev–Trinajstić information content (AvgIpc) is 2.89. The zero-order chi connectivity index (χ0) is 17.3. The number of Topliss-reactive ketones (excluding diaryl/α,β-unsaturated/α-hetero) is 1. The third-order valence-corrected chi connectivity index (χ3v) is 4.98. The number of aromatic nitrogens is 3. The lowest BCUT2D eigenvalue weighted by atomic mass is 9.91. The molecule has 0 saturated heterocycles. The van der Waals surface area contributed by atoms with Gasteiger partial charge in [-0.15, -0.1) is 10.2 Å². The van der Waals surface area contributed by atoms with E-state index in [1.54, 1.807) is 19.1 Å². The Bertz CT molecular complexity index is 761. The van der Waals surface area contributed by atoms with E-state index >= 15 is 0 Å². The molecule has 0 aromatic carbocycles. The van der Waals surface area contributed by atoms with Gasteiger partial charge in [0.25, 0.3) is 5.92 Å². The van der Waals surface area contributed by atoms with Gasteiger partial charge in [0, 0.05) is 42.8 Å². The predicted octanol–water partition coefficient (Wildman–Crippen LogP) is 4.00. The van der Waals surface area contributed by atoms with E-state index in [0.717, 1.165) is 5.69 Å². The highest BCUT2D eigenvalue weighted by molar-refractivity contribution is 9.11. The molecule has 1 aliphatic carbocycles. The molecule has 0 aliphatic heterocycles. The Labute approximate surface area is 149 Å². The second kappa shape index (κ2) is 6.79. The SMILES string of the molecule is Cc1cc(OC2CC(F)(F)C2)cc(CCC(=O)c2nnc(Br)s2)n1. The van der Waals surface area contributed by atoms with Crippen LogP contribution in [0.5, 0.6) is 5.75 Å². The van der Waals surface area contributed by atoms with Crippen LogP contribution in [0.15, 0.2) is 16.0 Å². The number of carbonyl (C=O) groups is 1. The predicted molar refractivity (Wildman–Crippen MR) is 87.8 cm³/mol. The number of pyridine rings is 1. The molecule has 2 aromatic rings. The Morgan fingerprint density at radius 1 is 1.42 bits per heavy atom. The van der Waals surface area contributed by atoms with E-state index in [4.69, 9.17) is 4.74 Å². The molecule has 0 spiro atoms. The third kappa shape index (κ3) is 4.32. The molecule has 2 aromatic heterocycles. The molecular weight excluding hydrogens is 404 g/mol. The molecule has 0 atom stereocenters. The normalized spacial score (nSPS) is 16.7. The first-order valence-corrected chi connectivity index (χ1v) is 8.96. The fraction of sp³-hybridized carbons (Fsp3) is 0.467. The molecule has 3 rings (SSSR count). The average molecular weight is 418 g/mol. The van der Waals surface area contributed by atoms with Crippen LogP contribution in [0.4, 0.5) is 8.78 Å². The van der Waals surface area contributed by atoms with Crippen LogP contribution >= 0.6 is 27.3 Å². The van der Waals surface area contributed by atoms with Crippen LogP contribution in [0.1, 0.15) is 40.5 Å². The second-order valence-corrected chi connectivity index (χ2v) is 7.98. The van der Waals surface area contributed by atoms with Gasteiger partial charge < -0.3 is 4.74 Å². The highest BCUT2D eigenvalue weighted by Gasteiger charge is 2.47. The maximum atomic E-state index is 12.9. The van der Waals surface area contributed by atoms with E-state index in [2.05, 4.69) is 31.1 Å². The highest BCUT2D eigenvalue weighted by Crippen LogP contribution is 2.39. The third-order valence-electron chi connectivity index (χ3n) is 3.58. The molecule has 1 aliphatic rings. The summed E-state index contributed by atoms with van der Waals surface area (Å²) in [6.07, 6.45) is -0.300. The molecule has 1 saturated carbocycles. The van der Waals surface area contributed by atoms with Crippen LogP contribution in [0.2, 0.25) is 0 Å². The summed E-state index contributed by atoms with van der Waals surface area (Å²) in [6.45, 7) is 1.80. The Morgan fingerprint density at radius 2 is 2.17 bits per heavy atom. The molecule has 1 fully saturated rings. The first-order valence-electron chi connectivity index (χ1n) is 7.35. The summed E-state index contributed by atoms with van der Waals surface area (Å²) in [5, 5.41) is 7.89. The Morgan fingerprint density at radius 3 is 2.79 bits per heavy atom. The zero-order valence-corrected chi connectivity index (χ0v) is 15.2. The number of aryl methyl sites for hydroxylation is 2. The van der Waals surface area contributed by atoms with E-state index in [0.29, 0.717) is 26.8 Å².